The molecule has 0 spiro atoms. The fourth-order valence-electron chi connectivity index (χ4n) is 3.99. The summed E-state index contributed by atoms with van der Waals surface area (Å²) in [6.45, 7) is 19.8. The van der Waals surface area contributed by atoms with Crippen LogP contribution in [0, 0.1) is 5.41 Å². The van der Waals surface area contributed by atoms with Gasteiger partial charge in [0.1, 0.15) is 6.61 Å². The molecule has 9 heteroatoms. The maximum Gasteiger partial charge on any atom is 0.407 e. The van der Waals surface area contributed by atoms with Crippen LogP contribution in [-0.4, -0.2) is 98.8 Å². The average molecular weight is 499 g/mol. The highest BCUT2D eigenvalue weighted by Crippen LogP contribution is 2.38. The lowest BCUT2D eigenvalue weighted by molar-refractivity contribution is -0.110. The van der Waals surface area contributed by atoms with Crippen molar-refractivity contribution >= 4 is 12.2 Å². The highest BCUT2D eigenvalue weighted by Gasteiger charge is 2.37. The predicted molar refractivity (Wildman–Crippen MR) is 138 cm³/mol. The fourth-order valence-corrected chi connectivity index (χ4v) is 3.99. The van der Waals surface area contributed by atoms with Crippen LogP contribution in [0.25, 0.3) is 0 Å². The van der Waals surface area contributed by atoms with E-state index in [1.807, 2.05) is 0 Å². The molecule has 0 aromatic heterocycles. The van der Waals surface area contributed by atoms with Gasteiger partial charge in [-0.25, -0.2) is 9.59 Å². The van der Waals surface area contributed by atoms with Crippen LogP contribution in [-0.2, 0) is 14.2 Å². The molecule has 0 aromatic rings. The van der Waals surface area contributed by atoms with Gasteiger partial charge in [-0.15, -0.1) is 0 Å². The topological polar surface area (TPSA) is 91.9 Å². The van der Waals surface area contributed by atoms with Gasteiger partial charge in [0.15, 0.2) is 0 Å². The lowest BCUT2D eigenvalue weighted by atomic mass is 9.73. The average Bonchev–Trinajstić information content (AvgIpc) is 3.69. The number of hydrogen-bond acceptors (Lipinski definition) is 7. The molecule has 0 bridgehead atoms. The van der Waals surface area contributed by atoms with Gasteiger partial charge in [0.2, 0.25) is 0 Å². The second-order valence-electron chi connectivity index (χ2n) is 11.2. The zero-order chi connectivity index (χ0) is 25.9. The summed E-state index contributed by atoms with van der Waals surface area (Å²) in [6, 6.07) is 1.03. The number of carbonyl (C=O) groups excluding carboxylic acids is 2. The summed E-state index contributed by atoms with van der Waals surface area (Å²) in [4.78, 5) is 28.4. The van der Waals surface area contributed by atoms with Crippen molar-refractivity contribution < 1.29 is 23.8 Å². The van der Waals surface area contributed by atoms with Gasteiger partial charge < -0.3 is 24.8 Å². The molecule has 0 radical (unpaired) electrons. The van der Waals surface area contributed by atoms with E-state index >= 15 is 0 Å². The molecule has 2 aliphatic rings. The number of nitrogens with zero attached hydrogens (tertiary/aromatic N) is 2. The van der Waals surface area contributed by atoms with Crippen LogP contribution < -0.4 is 10.6 Å². The predicted octanol–water partition coefficient (Wildman–Crippen LogP) is 3.62. The second kappa shape index (κ2) is 14.2. The lowest BCUT2D eigenvalue weighted by Gasteiger charge is -2.41. The van der Waals surface area contributed by atoms with E-state index in [2.05, 4.69) is 62.0 Å². The van der Waals surface area contributed by atoms with Crippen molar-refractivity contribution in [3.63, 3.8) is 0 Å². The van der Waals surface area contributed by atoms with Gasteiger partial charge in [0, 0.05) is 51.4 Å². The Balaban J connectivity index is 1.48. The van der Waals surface area contributed by atoms with Gasteiger partial charge in [-0.3, -0.25) is 9.80 Å². The normalized spacial score (nSPS) is 18.0. The van der Waals surface area contributed by atoms with E-state index in [9.17, 15) is 9.59 Å². The Morgan fingerprint density at radius 1 is 0.771 bits per heavy atom. The summed E-state index contributed by atoms with van der Waals surface area (Å²) in [7, 11) is 0. The molecule has 9 nitrogen and oxygen atoms in total. The second-order valence-corrected chi connectivity index (χ2v) is 11.2. The zero-order valence-corrected chi connectivity index (χ0v) is 23.0. The minimum atomic E-state index is -0.386. The number of carbonyl (C=O) groups is 2. The molecule has 0 aliphatic carbocycles. The third kappa shape index (κ3) is 11.8. The Hall–Kier alpha value is -1.58. The maximum atomic E-state index is 11.9. The first-order valence-corrected chi connectivity index (χ1v) is 13.4. The molecular weight excluding hydrogens is 448 g/mol. The SMILES string of the molecule is CC(CCNC(=O)OCCCCC(C)(C)C(C)(C)OCCOC(=O)NCCC(C)N1CC1)N1CC1. The number of unbranched alkanes of at least 4 members (excludes halogenated alkanes) is 1. The van der Waals surface area contributed by atoms with Crippen molar-refractivity contribution in [1.82, 2.24) is 20.4 Å². The Morgan fingerprint density at radius 2 is 1.26 bits per heavy atom. The number of nitrogens with one attached hydrogen (secondary N) is 2. The van der Waals surface area contributed by atoms with E-state index in [0.717, 1.165) is 32.1 Å². The Morgan fingerprint density at radius 3 is 1.74 bits per heavy atom. The molecule has 2 amide bonds. The summed E-state index contributed by atoms with van der Waals surface area (Å²) in [5, 5.41) is 5.65. The fraction of sp³-hybridized carbons (Fsp3) is 0.923. The van der Waals surface area contributed by atoms with E-state index in [1.54, 1.807) is 0 Å². The highest BCUT2D eigenvalue weighted by atomic mass is 16.6. The molecule has 2 aliphatic heterocycles. The van der Waals surface area contributed by atoms with Crippen LogP contribution in [0.5, 0.6) is 0 Å². The van der Waals surface area contributed by atoms with Crippen LogP contribution in [0.4, 0.5) is 9.59 Å². The quantitative estimate of drug-likeness (QED) is 0.220. The standard InChI is InChI=1S/C26H50N4O5/c1-21(29-14-15-29)9-12-27-23(31)33-18-8-7-11-25(3,4)26(5,6)35-20-19-34-24(32)28-13-10-22(2)30-16-17-30/h21-22H,7-20H2,1-6H3,(H,27,31)(H,28,32). The van der Waals surface area contributed by atoms with Crippen molar-refractivity contribution in [2.24, 2.45) is 5.41 Å². The molecule has 2 fully saturated rings. The molecule has 2 unspecified atom stereocenters. The molecule has 2 heterocycles. The molecule has 2 N–H and O–H groups in total. The first-order valence-electron chi connectivity index (χ1n) is 13.4. The Bertz CT molecular complexity index is 650. The molecule has 0 saturated carbocycles. The van der Waals surface area contributed by atoms with Crippen molar-refractivity contribution in [2.75, 3.05) is 59.1 Å². The highest BCUT2D eigenvalue weighted by molar-refractivity contribution is 5.67. The third-order valence-corrected chi connectivity index (χ3v) is 7.71. The summed E-state index contributed by atoms with van der Waals surface area (Å²) in [5.74, 6) is 0. The van der Waals surface area contributed by atoms with Gasteiger partial charge >= 0.3 is 12.2 Å². The smallest absolute Gasteiger partial charge is 0.407 e. The number of rotatable bonds is 18. The van der Waals surface area contributed by atoms with Crippen LogP contribution >= 0.6 is 0 Å². The van der Waals surface area contributed by atoms with E-state index in [-0.39, 0.29) is 29.8 Å². The van der Waals surface area contributed by atoms with Crippen molar-refractivity contribution in [2.45, 2.75) is 91.3 Å². The van der Waals surface area contributed by atoms with E-state index in [0.29, 0.717) is 38.4 Å². The molecule has 2 atom stereocenters. The van der Waals surface area contributed by atoms with Crippen LogP contribution in [0.2, 0.25) is 0 Å². The van der Waals surface area contributed by atoms with Crippen LogP contribution in [0.3, 0.4) is 0 Å². The number of amides is 2. The third-order valence-electron chi connectivity index (χ3n) is 7.71. The number of alkyl carbamates (subject to hydrolysis) is 2. The maximum absolute atomic E-state index is 11.9. The summed E-state index contributed by atoms with van der Waals surface area (Å²) >= 11 is 0. The van der Waals surface area contributed by atoms with Gasteiger partial charge in [-0.2, -0.15) is 0 Å². The summed E-state index contributed by atoms with van der Waals surface area (Å²) in [6.07, 6.45) is 3.86. The van der Waals surface area contributed by atoms with Gasteiger partial charge in [0.05, 0.1) is 18.8 Å². The Kier molecular flexibility index (Phi) is 12.1. The lowest BCUT2D eigenvalue weighted by Crippen LogP contribution is -2.42. The van der Waals surface area contributed by atoms with Gasteiger partial charge in [-0.1, -0.05) is 13.8 Å². The van der Waals surface area contributed by atoms with Crippen molar-refractivity contribution in [1.29, 1.82) is 0 Å². The van der Waals surface area contributed by atoms with Crippen LogP contribution in [0.1, 0.15) is 73.6 Å². The van der Waals surface area contributed by atoms with Crippen molar-refractivity contribution in [3.05, 3.63) is 0 Å². The summed E-state index contributed by atoms with van der Waals surface area (Å²) in [5.41, 5.74) is -0.465. The first kappa shape index (κ1) is 29.6. The first-order chi connectivity index (χ1) is 16.5. The van der Waals surface area contributed by atoms with Crippen molar-refractivity contribution in [3.8, 4) is 0 Å². The number of ether oxygens (including phenoxy) is 3. The summed E-state index contributed by atoms with van der Waals surface area (Å²) < 4.78 is 16.7. The van der Waals surface area contributed by atoms with E-state index < -0.39 is 0 Å². The van der Waals surface area contributed by atoms with Crippen LogP contribution in [0.15, 0.2) is 0 Å². The van der Waals surface area contributed by atoms with Gasteiger partial charge in [0.25, 0.3) is 0 Å². The minimum absolute atomic E-state index is 0.0833. The number of hydrogen-bond donors (Lipinski definition) is 2. The largest absolute Gasteiger partial charge is 0.450 e. The monoisotopic (exact) mass is 498 g/mol. The molecule has 35 heavy (non-hydrogen) atoms. The molecule has 2 saturated heterocycles. The van der Waals surface area contributed by atoms with E-state index in [4.69, 9.17) is 14.2 Å². The van der Waals surface area contributed by atoms with Gasteiger partial charge in [-0.05, 0) is 65.2 Å². The molecule has 0 aromatic carbocycles. The zero-order valence-electron chi connectivity index (χ0n) is 23.0. The van der Waals surface area contributed by atoms with E-state index in [1.165, 1.54) is 26.2 Å². The molecule has 2 rings (SSSR count). The molecule has 204 valence electrons. The molecular formula is C26H50N4O5. The Labute approximate surface area is 212 Å². The minimum Gasteiger partial charge on any atom is -0.450 e.